The highest BCUT2D eigenvalue weighted by atomic mass is 19.1. The molecule has 25 heavy (non-hydrogen) atoms. The summed E-state index contributed by atoms with van der Waals surface area (Å²) in [5.41, 5.74) is 1.98. The molecule has 1 saturated carbocycles. The van der Waals surface area contributed by atoms with Gasteiger partial charge in [-0.05, 0) is 30.5 Å². The summed E-state index contributed by atoms with van der Waals surface area (Å²) >= 11 is 0. The number of hydrogen-bond donors (Lipinski definition) is 2. The minimum Gasteiger partial charge on any atom is -0.367 e. The predicted octanol–water partition coefficient (Wildman–Crippen LogP) is 4.47. The molecule has 0 amide bonds. The van der Waals surface area contributed by atoms with Gasteiger partial charge in [-0.25, -0.2) is 14.4 Å². The Morgan fingerprint density at radius 3 is 2.36 bits per heavy atom. The van der Waals surface area contributed by atoms with E-state index in [1.165, 1.54) is 25.0 Å². The van der Waals surface area contributed by atoms with Crippen molar-refractivity contribution in [2.75, 3.05) is 10.6 Å². The number of nitrogens with zero attached hydrogens (tertiary/aromatic N) is 2. The molecule has 3 aromatic rings. The lowest BCUT2D eigenvalue weighted by Gasteiger charge is -2.11. The highest BCUT2D eigenvalue weighted by molar-refractivity contribution is 5.61. The average molecular weight is 334 g/mol. The zero-order chi connectivity index (χ0) is 17.1. The van der Waals surface area contributed by atoms with Crippen molar-refractivity contribution in [1.82, 2.24) is 9.97 Å². The molecule has 0 saturated heterocycles. The fraction of sp³-hybridized carbons (Fsp3) is 0.200. The van der Waals surface area contributed by atoms with Crippen LogP contribution in [0.2, 0.25) is 0 Å². The molecule has 1 heterocycles. The first-order valence-corrected chi connectivity index (χ1v) is 8.46. The molecule has 5 heteroatoms. The Hall–Kier alpha value is -2.95. The summed E-state index contributed by atoms with van der Waals surface area (Å²) < 4.78 is 13.0. The van der Waals surface area contributed by atoms with Crippen molar-refractivity contribution in [3.8, 4) is 11.4 Å². The molecule has 1 aliphatic rings. The highest BCUT2D eigenvalue weighted by Crippen LogP contribution is 2.26. The zero-order valence-corrected chi connectivity index (χ0v) is 13.7. The van der Waals surface area contributed by atoms with E-state index in [1.807, 2.05) is 36.4 Å². The quantitative estimate of drug-likeness (QED) is 0.698. The van der Waals surface area contributed by atoms with Crippen LogP contribution in [0.5, 0.6) is 0 Å². The van der Waals surface area contributed by atoms with E-state index >= 15 is 0 Å². The van der Waals surface area contributed by atoms with Gasteiger partial charge in [0.1, 0.15) is 17.5 Å². The third-order valence-corrected chi connectivity index (χ3v) is 4.07. The van der Waals surface area contributed by atoms with E-state index in [0.29, 0.717) is 18.4 Å². The second-order valence-electron chi connectivity index (χ2n) is 6.23. The minimum absolute atomic E-state index is 0.229. The van der Waals surface area contributed by atoms with Crippen molar-refractivity contribution in [1.29, 1.82) is 0 Å². The number of anilines is 2. The number of aromatic nitrogens is 2. The first-order valence-electron chi connectivity index (χ1n) is 8.46. The molecule has 0 aliphatic heterocycles. The van der Waals surface area contributed by atoms with Crippen LogP contribution in [0.25, 0.3) is 11.4 Å². The van der Waals surface area contributed by atoms with Gasteiger partial charge in [-0.15, -0.1) is 0 Å². The van der Waals surface area contributed by atoms with Crippen LogP contribution in [-0.2, 0) is 6.54 Å². The van der Waals surface area contributed by atoms with E-state index in [9.17, 15) is 4.39 Å². The first-order chi connectivity index (χ1) is 12.3. The number of halogens is 1. The van der Waals surface area contributed by atoms with Crippen molar-refractivity contribution < 1.29 is 4.39 Å². The standard InChI is InChI=1S/C20H19FN4/c21-16-8-6-14(7-9-16)13-22-18-12-19(23-17-10-11-17)25-20(24-18)15-4-2-1-3-5-15/h1-9,12,17H,10-11,13H2,(H2,22,23,24,25). The summed E-state index contributed by atoms with van der Waals surface area (Å²) in [4.78, 5) is 9.27. The van der Waals surface area contributed by atoms with Gasteiger partial charge in [0.25, 0.3) is 0 Å². The molecule has 1 aliphatic carbocycles. The maximum atomic E-state index is 13.0. The van der Waals surface area contributed by atoms with Crippen LogP contribution in [-0.4, -0.2) is 16.0 Å². The third-order valence-electron chi connectivity index (χ3n) is 4.07. The smallest absolute Gasteiger partial charge is 0.163 e. The van der Waals surface area contributed by atoms with Crippen LogP contribution in [0.4, 0.5) is 16.0 Å². The Balaban J connectivity index is 1.57. The highest BCUT2D eigenvalue weighted by Gasteiger charge is 2.22. The molecule has 0 spiro atoms. The van der Waals surface area contributed by atoms with Gasteiger partial charge in [-0.2, -0.15) is 0 Å². The Kier molecular flexibility index (Phi) is 4.29. The fourth-order valence-corrected chi connectivity index (χ4v) is 2.56. The van der Waals surface area contributed by atoms with Crippen LogP contribution in [0.3, 0.4) is 0 Å². The molecule has 0 radical (unpaired) electrons. The summed E-state index contributed by atoms with van der Waals surface area (Å²) in [6, 6.07) is 18.8. The van der Waals surface area contributed by atoms with E-state index in [4.69, 9.17) is 0 Å². The molecule has 2 aromatic carbocycles. The van der Waals surface area contributed by atoms with E-state index in [2.05, 4.69) is 20.6 Å². The second kappa shape index (κ2) is 6.89. The maximum absolute atomic E-state index is 13.0. The summed E-state index contributed by atoms with van der Waals surface area (Å²) in [7, 11) is 0. The van der Waals surface area contributed by atoms with Crippen molar-refractivity contribution in [3.63, 3.8) is 0 Å². The van der Waals surface area contributed by atoms with E-state index in [0.717, 1.165) is 22.8 Å². The van der Waals surface area contributed by atoms with Crippen LogP contribution in [0.15, 0.2) is 60.7 Å². The minimum atomic E-state index is -0.229. The Morgan fingerprint density at radius 1 is 0.920 bits per heavy atom. The number of nitrogens with one attached hydrogen (secondary N) is 2. The molecule has 126 valence electrons. The lowest BCUT2D eigenvalue weighted by atomic mass is 10.2. The van der Waals surface area contributed by atoms with Gasteiger partial charge in [0.05, 0.1) is 0 Å². The summed E-state index contributed by atoms with van der Waals surface area (Å²) in [6.45, 7) is 0.578. The normalized spacial score (nSPS) is 13.5. The Morgan fingerprint density at radius 2 is 1.64 bits per heavy atom. The topological polar surface area (TPSA) is 49.8 Å². The number of hydrogen-bond acceptors (Lipinski definition) is 4. The molecule has 4 rings (SSSR count). The Labute approximate surface area is 146 Å². The average Bonchev–Trinajstić information content (AvgIpc) is 3.46. The van der Waals surface area contributed by atoms with Gasteiger partial charge >= 0.3 is 0 Å². The molecule has 0 atom stereocenters. The molecule has 4 nitrogen and oxygen atoms in total. The zero-order valence-electron chi connectivity index (χ0n) is 13.7. The van der Waals surface area contributed by atoms with E-state index in [1.54, 1.807) is 12.1 Å². The molecule has 1 aromatic heterocycles. The van der Waals surface area contributed by atoms with Crippen molar-refractivity contribution in [3.05, 3.63) is 72.0 Å². The fourth-order valence-electron chi connectivity index (χ4n) is 2.56. The lowest BCUT2D eigenvalue weighted by molar-refractivity contribution is 0.627. The van der Waals surface area contributed by atoms with Gasteiger partial charge < -0.3 is 10.6 Å². The lowest BCUT2D eigenvalue weighted by Crippen LogP contribution is -2.08. The molecule has 0 unspecified atom stereocenters. The van der Waals surface area contributed by atoms with Crippen LogP contribution in [0.1, 0.15) is 18.4 Å². The predicted molar refractivity (Wildman–Crippen MR) is 97.8 cm³/mol. The summed E-state index contributed by atoms with van der Waals surface area (Å²) in [6.07, 6.45) is 2.37. The second-order valence-corrected chi connectivity index (χ2v) is 6.23. The van der Waals surface area contributed by atoms with E-state index in [-0.39, 0.29) is 5.82 Å². The molecule has 2 N–H and O–H groups in total. The maximum Gasteiger partial charge on any atom is 0.163 e. The van der Waals surface area contributed by atoms with Crippen LogP contribution >= 0.6 is 0 Å². The largest absolute Gasteiger partial charge is 0.367 e. The van der Waals surface area contributed by atoms with Gasteiger partial charge in [-0.1, -0.05) is 42.5 Å². The van der Waals surface area contributed by atoms with Gasteiger partial charge in [0, 0.05) is 24.2 Å². The monoisotopic (exact) mass is 334 g/mol. The summed E-state index contributed by atoms with van der Waals surface area (Å²) in [5, 5.41) is 6.74. The third kappa shape index (κ3) is 4.12. The van der Waals surface area contributed by atoms with Crippen LogP contribution < -0.4 is 10.6 Å². The number of benzene rings is 2. The molecule has 1 fully saturated rings. The molecular weight excluding hydrogens is 315 g/mol. The first kappa shape index (κ1) is 15.6. The molecule has 0 bridgehead atoms. The van der Waals surface area contributed by atoms with E-state index < -0.39 is 0 Å². The van der Waals surface area contributed by atoms with Crippen molar-refractivity contribution >= 4 is 11.6 Å². The van der Waals surface area contributed by atoms with Crippen molar-refractivity contribution in [2.45, 2.75) is 25.4 Å². The SMILES string of the molecule is Fc1ccc(CNc2cc(NC3CC3)nc(-c3ccccc3)n2)cc1. The van der Waals surface area contributed by atoms with Crippen LogP contribution in [0, 0.1) is 5.82 Å². The van der Waals surface area contributed by atoms with Gasteiger partial charge in [0.2, 0.25) is 0 Å². The number of rotatable bonds is 6. The van der Waals surface area contributed by atoms with Crippen molar-refractivity contribution in [2.24, 2.45) is 0 Å². The van der Waals surface area contributed by atoms with Gasteiger partial charge in [0.15, 0.2) is 5.82 Å². The molecular formula is C20H19FN4. The summed E-state index contributed by atoms with van der Waals surface area (Å²) in [5.74, 6) is 2.04. The Bertz CT molecular complexity index is 845. The van der Waals surface area contributed by atoms with Gasteiger partial charge in [-0.3, -0.25) is 0 Å².